The van der Waals surface area contributed by atoms with Gasteiger partial charge in [0.15, 0.2) is 18.0 Å². The Morgan fingerprint density at radius 2 is 2.07 bits per heavy atom. The number of oxazole rings is 1. The first kappa shape index (κ1) is 17.7. The van der Waals surface area contributed by atoms with E-state index in [1.165, 1.54) is 12.6 Å². The number of ether oxygens (including phenoxy) is 1. The van der Waals surface area contributed by atoms with E-state index in [9.17, 15) is 4.79 Å². The summed E-state index contributed by atoms with van der Waals surface area (Å²) in [6.45, 7) is 3.69. The van der Waals surface area contributed by atoms with Gasteiger partial charge in [0, 0.05) is 22.7 Å². The molecule has 0 aliphatic rings. The van der Waals surface area contributed by atoms with E-state index < -0.39 is 6.09 Å². The van der Waals surface area contributed by atoms with Crippen LogP contribution in [0.1, 0.15) is 11.3 Å². The minimum Gasteiger partial charge on any atom is -0.444 e. The summed E-state index contributed by atoms with van der Waals surface area (Å²) in [5.74, 6) is 0.941. The standard InChI is InChI=1S/C18H14N6O3S/c1-10-3-4-12(15-7-19-9-26-15)5-13(10)14-6-21-16(8-20-14)22-18(25)27-17-11(2)23-24-28-17/h3-9H,1-2H3,(H,21,22,25). The van der Waals surface area contributed by atoms with Crippen molar-refractivity contribution in [2.45, 2.75) is 13.8 Å². The van der Waals surface area contributed by atoms with Crippen LogP contribution in [0.25, 0.3) is 22.6 Å². The predicted octanol–water partition coefficient (Wildman–Crippen LogP) is 3.88. The molecule has 0 atom stereocenters. The zero-order chi connectivity index (χ0) is 19.5. The molecule has 140 valence electrons. The number of aromatic nitrogens is 5. The van der Waals surface area contributed by atoms with Gasteiger partial charge < -0.3 is 9.15 Å². The first-order chi connectivity index (χ1) is 13.6. The fourth-order valence-electron chi connectivity index (χ4n) is 2.47. The van der Waals surface area contributed by atoms with E-state index in [0.717, 1.165) is 28.2 Å². The van der Waals surface area contributed by atoms with Gasteiger partial charge in [-0.05, 0) is 25.5 Å². The molecule has 4 aromatic rings. The summed E-state index contributed by atoms with van der Waals surface area (Å²) < 4.78 is 14.2. The molecule has 3 aromatic heterocycles. The lowest BCUT2D eigenvalue weighted by Crippen LogP contribution is -2.17. The number of nitrogens with one attached hydrogen (secondary N) is 1. The highest BCUT2D eigenvalue weighted by Crippen LogP contribution is 2.28. The summed E-state index contributed by atoms with van der Waals surface area (Å²) in [6, 6.07) is 5.89. The number of hydrogen-bond acceptors (Lipinski definition) is 9. The Hall–Kier alpha value is -3.66. The van der Waals surface area contributed by atoms with Gasteiger partial charge in [0.1, 0.15) is 5.69 Å². The van der Waals surface area contributed by atoms with E-state index in [2.05, 4.69) is 29.9 Å². The van der Waals surface area contributed by atoms with Gasteiger partial charge in [0.25, 0.3) is 0 Å². The maximum atomic E-state index is 12.0. The molecule has 0 radical (unpaired) electrons. The fraction of sp³-hybridized carbons (Fsp3) is 0.111. The summed E-state index contributed by atoms with van der Waals surface area (Å²) in [5.41, 5.74) is 4.04. The molecule has 1 N–H and O–H groups in total. The van der Waals surface area contributed by atoms with E-state index >= 15 is 0 Å². The number of amides is 1. The Morgan fingerprint density at radius 3 is 2.75 bits per heavy atom. The van der Waals surface area contributed by atoms with Crippen molar-refractivity contribution in [3.8, 4) is 27.6 Å². The Kier molecular flexibility index (Phi) is 4.77. The maximum Gasteiger partial charge on any atom is 0.419 e. The second-order valence-electron chi connectivity index (χ2n) is 5.84. The lowest BCUT2D eigenvalue weighted by molar-refractivity contribution is 0.216. The molecule has 1 aromatic carbocycles. The minimum absolute atomic E-state index is 0.271. The van der Waals surface area contributed by atoms with E-state index in [-0.39, 0.29) is 5.82 Å². The third-order valence-electron chi connectivity index (χ3n) is 3.91. The van der Waals surface area contributed by atoms with Gasteiger partial charge in [0.2, 0.25) is 5.06 Å². The zero-order valence-corrected chi connectivity index (χ0v) is 15.7. The van der Waals surface area contributed by atoms with Gasteiger partial charge in [-0.3, -0.25) is 10.3 Å². The molecule has 4 rings (SSSR count). The summed E-state index contributed by atoms with van der Waals surface area (Å²) in [6.07, 6.45) is 5.41. The normalized spacial score (nSPS) is 10.6. The third kappa shape index (κ3) is 3.71. The highest BCUT2D eigenvalue weighted by atomic mass is 32.1. The molecular weight excluding hydrogens is 380 g/mol. The van der Waals surface area contributed by atoms with Gasteiger partial charge in [-0.15, -0.1) is 5.10 Å². The van der Waals surface area contributed by atoms with E-state index in [4.69, 9.17) is 9.15 Å². The van der Waals surface area contributed by atoms with Gasteiger partial charge in [0.05, 0.1) is 24.3 Å². The molecule has 9 nitrogen and oxygen atoms in total. The Morgan fingerprint density at radius 1 is 1.18 bits per heavy atom. The smallest absolute Gasteiger partial charge is 0.419 e. The number of carbonyl (C=O) groups is 1. The van der Waals surface area contributed by atoms with Crippen molar-refractivity contribution in [3.05, 3.63) is 54.4 Å². The minimum atomic E-state index is -0.681. The molecular formula is C18H14N6O3S. The number of hydrogen-bond donors (Lipinski definition) is 1. The van der Waals surface area contributed by atoms with Gasteiger partial charge in [-0.2, -0.15) is 0 Å². The number of benzene rings is 1. The van der Waals surface area contributed by atoms with Crippen LogP contribution in [-0.4, -0.2) is 30.6 Å². The van der Waals surface area contributed by atoms with Crippen molar-refractivity contribution in [2.24, 2.45) is 0 Å². The Labute approximate surface area is 163 Å². The topological polar surface area (TPSA) is 116 Å². The molecule has 0 aliphatic heterocycles. The SMILES string of the molecule is Cc1ccc(-c2cnco2)cc1-c1cnc(NC(=O)Oc2snnc2C)cn1. The van der Waals surface area contributed by atoms with E-state index in [1.807, 2.05) is 25.1 Å². The van der Waals surface area contributed by atoms with Gasteiger partial charge in [-0.25, -0.2) is 14.8 Å². The largest absolute Gasteiger partial charge is 0.444 e. The third-order valence-corrected chi connectivity index (χ3v) is 4.62. The van der Waals surface area contributed by atoms with Crippen molar-refractivity contribution in [1.82, 2.24) is 24.5 Å². The van der Waals surface area contributed by atoms with Crippen LogP contribution in [0.5, 0.6) is 5.06 Å². The highest BCUT2D eigenvalue weighted by Gasteiger charge is 2.13. The molecule has 0 saturated heterocycles. The number of aryl methyl sites for hydroxylation is 2. The molecule has 0 aliphatic carbocycles. The fourth-order valence-corrected chi connectivity index (χ4v) is 3.00. The van der Waals surface area contributed by atoms with Crippen molar-refractivity contribution in [1.29, 1.82) is 0 Å². The molecule has 0 saturated carbocycles. The zero-order valence-electron chi connectivity index (χ0n) is 14.9. The summed E-state index contributed by atoms with van der Waals surface area (Å²) >= 11 is 0.998. The molecule has 1 amide bonds. The average Bonchev–Trinajstić information content (AvgIpc) is 3.36. The monoisotopic (exact) mass is 394 g/mol. The first-order valence-electron chi connectivity index (χ1n) is 8.20. The van der Waals surface area contributed by atoms with Crippen LogP contribution in [0.4, 0.5) is 10.6 Å². The second-order valence-corrected chi connectivity index (χ2v) is 6.56. The van der Waals surface area contributed by atoms with E-state index in [1.54, 1.807) is 19.3 Å². The van der Waals surface area contributed by atoms with Crippen LogP contribution in [0.15, 0.2) is 47.6 Å². The average molecular weight is 394 g/mol. The van der Waals surface area contributed by atoms with Crippen molar-refractivity contribution in [3.63, 3.8) is 0 Å². The Bertz CT molecular complexity index is 1110. The first-order valence-corrected chi connectivity index (χ1v) is 8.97. The van der Waals surface area contributed by atoms with Crippen LogP contribution < -0.4 is 10.1 Å². The van der Waals surface area contributed by atoms with Crippen LogP contribution >= 0.6 is 11.5 Å². The predicted molar refractivity (Wildman–Crippen MR) is 102 cm³/mol. The van der Waals surface area contributed by atoms with Crippen molar-refractivity contribution < 1.29 is 13.9 Å². The van der Waals surface area contributed by atoms with Crippen LogP contribution in [0.2, 0.25) is 0 Å². The lowest BCUT2D eigenvalue weighted by atomic mass is 10.0. The molecule has 0 unspecified atom stereocenters. The molecule has 0 fully saturated rings. The summed E-state index contributed by atoms with van der Waals surface area (Å²) in [5, 5.41) is 6.64. The van der Waals surface area contributed by atoms with Crippen LogP contribution in [-0.2, 0) is 0 Å². The summed E-state index contributed by atoms with van der Waals surface area (Å²) in [4.78, 5) is 24.5. The van der Waals surface area contributed by atoms with Crippen molar-refractivity contribution >= 4 is 23.4 Å². The number of carbonyl (C=O) groups excluding carboxylic acids is 1. The Balaban J connectivity index is 1.51. The molecule has 0 bridgehead atoms. The van der Waals surface area contributed by atoms with Gasteiger partial charge in [-0.1, -0.05) is 16.6 Å². The molecule has 10 heteroatoms. The molecule has 0 spiro atoms. The highest BCUT2D eigenvalue weighted by molar-refractivity contribution is 7.07. The van der Waals surface area contributed by atoms with Gasteiger partial charge >= 0.3 is 6.09 Å². The summed E-state index contributed by atoms with van der Waals surface area (Å²) in [7, 11) is 0. The quantitative estimate of drug-likeness (QED) is 0.554. The maximum absolute atomic E-state index is 12.0. The number of nitrogens with zero attached hydrogens (tertiary/aromatic N) is 5. The molecule has 28 heavy (non-hydrogen) atoms. The van der Waals surface area contributed by atoms with E-state index in [0.29, 0.717) is 22.2 Å². The number of anilines is 1. The number of rotatable bonds is 4. The van der Waals surface area contributed by atoms with Crippen LogP contribution in [0, 0.1) is 13.8 Å². The molecule has 3 heterocycles. The lowest BCUT2D eigenvalue weighted by Gasteiger charge is -2.08. The van der Waals surface area contributed by atoms with Crippen molar-refractivity contribution in [2.75, 3.05) is 5.32 Å². The van der Waals surface area contributed by atoms with Crippen LogP contribution in [0.3, 0.4) is 0 Å². The second kappa shape index (κ2) is 7.53.